The molecule has 0 aliphatic heterocycles. The molecule has 9 heteroatoms. The molecule has 0 radical (unpaired) electrons. The minimum absolute atomic E-state index is 0.0589. The predicted octanol–water partition coefficient (Wildman–Crippen LogP) is 1.61. The molecule has 0 fully saturated rings. The molecule has 1 aromatic heterocycles. The zero-order chi connectivity index (χ0) is 21.5. The summed E-state index contributed by atoms with van der Waals surface area (Å²) in [5.41, 5.74) is 20.0. The van der Waals surface area contributed by atoms with E-state index < -0.39 is 11.8 Å². The monoisotopic (exact) mass is 405 g/mol. The van der Waals surface area contributed by atoms with Gasteiger partial charge in [0.1, 0.15) is 5.84 Å². The number of nitrogens with two attached hydrogens (primary N) is 3. The van der Waals surface area contributed by atoms with Crippen molar-refractivity contribution in [1.29, 1.82) is 0 Å². The fourth-order valence-electron chi connectivity index (χ4n) is 2.99. The highest BCUT2D eigenvalue weighted by molar-refractivity contribution is 6.11. The largest absolute Gasteiger partial charge is 0.398 e. The van der Waals surface area contributed by atoms with Crippen molar-refractivity contribution in [3.8, 4) is 0 Å². The first-order valence-electron chi connectivity index (χ1n) is 9.32. The summed E-state index contributed by atoms with van der Waals surface area (Å²) >= 11 is 0. The van der Waals surface area contributed by atoms with Gasteiger partial charge in [0.15, 0.2) is 0 Å². The number of H-pyrrole nitrogens is 1. The van der Waals surface area contributed by atoms with E-state index in [9.17, 15) is 9.59 Å². The number of hydrogen-bond acceptors (Lipinski definition) is 5. The van der Waals surface area contributed by atoms with E-state index in [0.717, 1.165) is 5.56 Å². The zero-order valence-corrected chi connectivity index (χ0v) is 16.2. The van der Waals surface area contributed by atoms with Crippen LogP contribution in [-0.4, -0.2) is 34.4 Å². The number of nitrogens with zero attached hydrogens (tertiary/aromatic N) is 2. The van der Waals surface area contributed by atoms with Crippen molar-refractivity contribution in [2.45, 2.75) is 12.3 Å². The minimum Gasteiger partial charge on any atom is -0.398 e. The molecule has 30 heavy (non-hydrogen) atoms. The Bertz CT molecular complexity index is 1050. The van der Waals surface area contributed by atoms with Gasteiger partial charge in [-0.05, 0) is 36.7 Å². The lowest BCUT2D eigenvalue weighted by Gasteiger charge is -2.17. The van der Waals surface area contributed by atoms with Gasteiger partial charge in [0.2, 0.25) is 5.91 Å². The van der Waals surface area contributed by atoms with Crippen LogP contribution in [0, 0.1) is 0 Å². The first-order valence-corrected chi connectivity index (χ1v) is 9.32. The van der Waals surface area contributed by atoms with E-state index in [1.165, 1.54) is 12.4 Å². The SMILES string of the molecule is NCCC(C(=O)Nc1ccc(N)c(C(N)=NC(=O)c2cn[nH]c2)c1)c1ccccc1. The molecule has 0 aliphatic rings. The molecule has 0 bridgehead atoms. The Hall–Kier alpha value is -3.98. The number of carbonyl (C=O) groups is 2. The second kappa shape index (κ2) is 9.48. The smallest absolute Gasteiger partial charge is 0.282 e. The summed E-state index contributed by atoms with van der Waals surface area (Å²) in [5.74, 6) is -1.21. The van der Waals surface area contributed by atoms with Gasteiger partial charge < -0.3 is 22.5 Å². The fourth-order valence-corrected chi connectivity index (χ4v) is 2.99. The van der Waals surface area contributed by atoms with Crippen molar-refractivity contribution in [3.63, 3.8) is 0 Å². The van der Waals surface area contributed by atoms with Gasteiger partial charge in [0.05, 0.1) is 17.7 Å². The van der Waals surface area contributed by atoms with Crippen LogP contribution in [0.3, 0.4) is 0 Å². The normalized spacial score (nSPS) is 12.4. The minimum atomic E-state index is -0.554. The number of carbonyl (C=O) groups excluding carboxylic acids is 2. The molecule has 0 saturated carbocycles. The van der Waals surface area contributed by atoms with E-state index >= 15 is 0 Å². The summed E-state index contributed by atoms with van der Waals surface area (Å²) in [5, 5.41) is 9.11. The molecule has 3 rings (SSSR count). The third-order valence-electron chi connectivity index (χ3n) is 4.54. The predicted molar refractivity (Wildman–Crippen MR) is 116 cm³/mol. The van der Waals surface area contributed by atoms with E-state index in [4.69, 9.17) is 17.2 Å². The van der Waals surface area contributed by atoms with Crippen molar-refractivity contribution in [2.24, 2.45) is 16.5 Å². The average Bonchev–Trinajstić information content (AvgIpc) is 3.29. The summed E-state index contributed by atoms with van der Waals surface area (Å²) in [6, 6.07) is 14.3. The number of anilines is 2. The summed E-state index contributed by atoms with van der Waals surface area (Å²) in [6.07, 6.45) is 3.26. The Morgan fingerprint density at radius 3 is 2.60 bits per heavy atom. The van der Waals surface area contributed by atoms with Crippen LogP contribution < -0.4 is 22.5 Å². The molecule has 1 heterocycles. The molecule has 2 amide bonds. The Morgan fingerprint density at radius 1 is 1.17 bits per heavy atom. The van der Waals surface area contributed by atoms with Gasteiger partial charge in [-0.1, -0.05) is 30.3 Å². The Morgan fingerprint density at radius 2 is 1.93 bits per heavy atom. The van der Waals surface area contributed by atoms with E-state index in [0.29, 0.717) is 29.9 Å². The van der Waals surface area contributed by atoms with Crippen LogP contribution in [0.5, 0.6) is 0 Å². The van der Waals surface area contributed by atoms with Gasteiger partial charge >= 0.3 is 0 Å². The number of rotatable bonds is 7. The highest BCUT2D eigenvalue weighted by Crippen LogP contribution is 2.23. The van der Waals surface area contributed by atoms with Crippen molar-refractivity contribution in [3.05, 3.63) is 77.6 Å². The number of aromatic nitrogens is 2. The number of amidine groups is 1. The Balaban J connectivity index is 1.82. The van der Waals surface area contributed by atoms with Crippen LogP contribution in [0.2, 0.25) is 0 Å². The van der Waals surface area contributed by atoms with Gasteiger partial charge in [0.25, 0.3) is 5.91 Å². The molecule has 0 saturated heterocycles. The van der Waals surface area contributed by atoms with Gasteiger partial charge in [-0.3, -0.25) is 14.7 Å². The number of benzene rings is 2. The van der Waals surface area contributed by atoms with Crippen molar-refractivity contribution < 1.29 is 9.59 Å². The van der Waals surface area contributed by atoms with Crippen molar-refractivity contribution >= 4 is 29.0 Å². The summed E-state index contributed by atoms with van der Waals surface area (Å²) < 4.78 is 0. The van der Waals surface area contributed by atoms with Gasteiger partial charge in [-0.25, -0.2) is 0 Å². The lowest BCUT2D eigenvalue weighted by atomic mass is 9.94. The maximum absolute atomic E-state index is 12.9. The number of aliphatic imine (C=N–C) groups is 1. The second-order valence-electron chi connectivity index (χ2n) is 6.62. The lowest BCUT2D eigenvalue weighted by Crippen LogP contribution is -2.24. The third kappa shape index (κ3) is 4.89. The lowest BCUT2D eigenvalue weighted by molar-refractivity contribution is -0.117. The van der Waals surface area contributed by atoms with Crippen molar-refractivity contribution in [1.82, 2.24) is 10.2 Å². The van der Waals surface area contributed by atoms with Crippen LogP contribution in [0.4, 0.5) is 11.4 Å². The summed E-state index contributed by atoms with van der Waals surface area (Å²) in [6.45, 7) is 0.371. The van der Waals surface area contributed by atoms with E-state index in [1.807, 2.05) is 30.3 Å². The van der Waals surface area contributed by atoms with Crippen LogP contribution in [0.15, 0.2) is 65.9 Å². The Labute approximate surface area is 173 Å². The molecule has 0 aliphatic carbocycles. The molecule has 1 unspecified atom stereocenters. The molecule has 154 valence electrons. The van der Waals surface area contributed by atoms with E-state index in [2.05, 4.69) is 20.5 Å². The quantitative estimate of drug-likeness (QED) is 0.227. The number of hydrogen-bond donors (Lipinski definition) is 5. The number of nitrogen functional groups attached to an aromatic ring is 1. The molecule has 2 aromatic carbocycles. The summed E-state index contributed by atoms with van der Waals surface area (Å²) in [4.78, 5) is 28.9. The van der Waals surface area contributed by atoms with Crippen LogP contribution in [-0.2, 0) is 4.79 Å². The van der Waals surface area contributed by atoms with Crippen LogP contribution >= 0.6 is 0 Å². The first-order chi connectivity index (χ1) is 14.5. The molecule has 3 aromatic rings. The molecule has 1 atom stereocenters. The van der Waals surface area contributed by atoms with Gasteiger partial charge in [0, 0.05) is 23.1 Å². The molecule has 9 nitrogen and oxygen atoms in total. The standard InChI is InChI=1S/C21H23N7O2/c22-9-8-16(13-4-2-1-3-5-13)21(30)27-15-6-7-18(23)17(10-15)19(24)28-20(29)14-11-25-26-12-14/h1-7,10-12,16H,8-9,22-23H2,(H,25,26)(H,27,30)(H2,24,28,29). The second-order valence-corrected chi connectivity index (χ2v) is 6.62. The van der Waals surface area contributed by atoms with Crippen LogP contribution in [0.25, 0.3) is 0 Å². The maximum Gasteiger partial charge on any atom is 0.282 e. The Kier molecular flexibility index (Phi) is 6.56. The first kappa shape index (κ1) is 20.7. The highest BCUT2D eigenvalue weighted by atomic mass is 16.2. The maximum atomic E-state index is 12.9. The molecular weight excluding hydrogens is 382 g/mol. The van der Waals surface area contributed by atoms with Crippen molar-refractivity contribution in [2.75, 3.05) is 17.6 Å². The van der Waals surface area contributed by atoms with Crippen LogP contribution in [0.1, 0.15) is 33.8 Å². The van der Waals surface area contributed by atoms with E-state index in [1.54, 1.807) is 18.2 Å². The topological polar surface area (TPSA) is 165 Å². The molecular formula is C21H23N7O2. The zero-order valence-electron chi connectivity index (χ0n) is 16.2. The number of aromatic amines is 1. The number of nitrogens with one attached hydrogen (secondary N) is 2. The number of amides is 2. The highest BCUT2D eigenvalue weighted by Gasteiger charge is 2.20. The van der Waals surface area contributed by atoms with Gasteiger partial charge in [-0.2, -0.15) is 10.1 Å². The van der Waals surface area contributed by atoms with E-state index in [-0.39, 0.29) is 17.3 Å². The average molecular weight is 405 g/mol. The van der Waals surface area contributed by atoms with Gasteiger partial charge in [-0.15, -0.1) is 0 Å². The fraction of sp³-hybridized carbons (Fsp3) is 0.143. The molecule has 0 spiro atoms. The summed E-state index contributed by atoms with van der Waals surface area (Å²) in [7, 11) is 0. The third-order valence-corrected chi connectivity index (χ3v) is 4.54. The molecule has 8 N–H and O–H groups in total.